The van der Waals surface area contributed by atoms with Crippen LogP contribution in [0, 0.1) is 0 Å². The highest BCUT2D eigenvalue weighted by atomic mass is 32.1. The maximum atomic E-state index is 13.0. The van der Waals surface area contributed by atoms with E-state index in [2.05, 4.69) is 15.3 Å². The topological polar surface area (TPSA) is 54.9 Å². The lowest BCUT2D eigenvalue weighted by Crippen LogP contribution is -2.07. The van der Waals surface area contributed by atoms with Crippen molar-refractivity contribution in [3.8, 4) is 0 Å². The van der Waals surface area contributed by atoms with Crippen LogP contribution in [-0.4, -0.2) is 15.9 Å². The smallest absolute Gasteiger partial charge is 0.320 e. The zero-order chi connectivity index (χ0) is 25.9. The fourth-order valence-electron chi connectivity index (χ4n) is 3.30. The van der Waals surface area contributed by atoms with E-state index in [4.69, 9.17) is 0 Å². The number of benzene rings is 2. The molecule has 4 nitrogen and oxygen atoms in total. The van der Waals surface area contributed by atoms with Crippen molar-refractivity contribution >= 4 is 38.9 Å². The van der Waals surface area contributed by atoms with Gasteiger partial charge in [0.25, 0.3) is 0 Å². The summed E-state index contributed by atoms with van der Waals surface area (Å²) < 4.78 is 77.8. The van der Waals surface area contributed by atoms with Crippen molar-refractivity contribution in [3.05, 3.63) is 107 Å². The van der Waals surface area contributed by atoms with Crippen LogP contribution in [0.2, 0.25) is 0 Å². The van der Waals surface area contributed by atoms with Gasteiger partial charge >= 0.3 is 12.4 Å². The van der Waals surface area contributed by atoms with Gasteiger partial charge in [-0.1, -0.05) is 36.4 Å². The second-order valence-corrected chi connectivity index (χ2v) is 8.30. The molecule has 0 saturated carbocycles. The minimum atomic E-state index is -4.54. The minimum Gasteiger partial charge on any atom is -0.320 e. The number of rotatable bonds is 5. The van der Waals surface area contributed by atoms with Gasteiger partial charge in [-0.05, 0) is 41.0 Å². The van der Waals surface area contributed by atoms with E-state index in [0.717, 1.165) is 24.3 Å². The molecule has 4 aromatic rings. The highest BCUT2D eigenvalue weighted by Crippen LogP contribution is 2.33. The predicted molar refractivity (Wildman–Crippen MR) is 125 cm³/mol. The van der Waals surface area contributed by atoms with Gasteiger partial charge in [0.05, 0.1) is 16.8 Å². The fourth-order valence-corrected chi connectivity index (χ4v) is 4.09. The summed E-state index contributed by atoms with van der Waals surface area (Å²) >= 11 is 1.30. The van der Waals surface area contributed by atoms with Crippen LogP contribution >= 0.6 is 11.3 Å². The van der Waals surface area contributed by atoms with Crippen LogP contribution in [0.5, 0.6) is 0 Å². The van der Waals surface area contributed by atoms with Crippen molar-refractivity contribution in [1.29, 1.82) is 0 Å². The second-order valence-electron chi connectivity index (χ2n) is 7.44. The molecule has 0 radical (unpaired) electrons. The summed E-state index contributed by atoms with van der Waals surface area (Å²) in [4.78, 5) is 21.3. The number of nitrogens with zero attached hydrogens (tertiary/aromatic N) is 2. The third kappa shape index (κ3) is 5.80. The van der Waals surface area contributed by atoms with Gasteiger partial charge in [0.2, 0.25) is 5.91 Å². The lowest BCUT2D eigenvalue weighted by atomic mass is 9.95. The monoisotopic (exact) mass is 519 g/mol. The molecule has 1 amide bonds. The van der Waals surface area contributed by atoms with Crippen LogP contribution in [0.15, 0.2) is 84.5 Å². The number of carbonyl (C=O) groups excluding carboxylic acids is 1. The average molecular weight is 519 g/mol. The van der Waals surface area contributed by atoms with Crippen molar-refractivity contribution in [3.63, 3.8) is 0 Å². The number of halogens is 6. The normalized spacial score (nSPS) is 12.2. The summed E-state index contributed by atoms with van der Waals surface area (Å²) in [6.45, 7) is 0. The maximum Gasteiger partial charge on any atom is 0.416 e. The first-order chi connectivity index (χ1) is 17.0. The minimum absolute atomic E-state index is 0.326. The van der Waals surface area contributed by atoms with E-state index in [9.17, 15) is 31.1 Å². The van der Waals surface area contributed by atoms with Gasteiger partial charge in [0.15, 0.2) is 0 Å². The molecule has 0 atom stereocenters. The van der Waals surface area contributed by atoms with Gasteiger partial charge in [-0.25, -0.2) is 9.97 Å². The molecule has 0 saturated heterocycles. The molecule has 184 valence electrons. The Morgan fingerprint density at radius 3 is 1.86 bits per heavy atom. The first-order valence-electron chi connectivity index (χ1n) is 10.3. The molecule has 0 fully saturated rings. The Bertz CT molecular complexity index is 1380. The first kappa shape index (κ1) is 25.1. The average Bonchev–Trinajstić information content (AvgIpc) is 3.24. The summed E-state index contributed by atoms with van der Waals surface area (Å²) in [7, 11) is 0. The van der Waals surface area contributed by atoms with Gasteiger partial charge in [0, 0.05) is 23.8 Å². The SMILES string of the molecule is O=C(C=CC=C(c1ccc(C(F)(F)F)cc1)c1ccc(C(F)(F)F)cc1)Nc1csc2nccnc12. The molecule has 0 aliphatic carbocycles. The Hall–Kier alpha value is -3.99. The zero-order valence-electron chi connectivity index (χ0n) is 18.1. The summed E-state index contributed by atoms with van der Waals surface area (Å²) in [6.07, 6.45) is -2.07. The van der Waals surface area contributed by atoms with Gasteiger partial charge in [-0.15, -0.1) is 11.3 Å². The molecular formula is C25H15F6N3OS. The summed E-state index contributed by atoms with van der Waals surface area (Å²) in [5, 5.41) is 4.35. The molecule has 0 aliphatic rings. The number of thiophene rings is 1. The summed E-state index contributed by atoms with van der Waals surface area (Å²) in [6, 6.07) is 8.40. The van der Waals surface area contributed by atoms with Crippen LogP contribution in [0.1, 0.15) is 22.3 Å². The molecule has 2 aromatic carbocycles. The van der Waals surface area contributed by atoms with E-state index in [1.54, 1.807) is 5.38 Å². The van der Waals surface area contributed by atoms with E-state index in [1.807, 2.05) is 0 Å². The molecule has 1 N–H and O–H groups in total. The molecule has 0 bridgehead atoms. The van der Waals surface area contributed by atoms with Gasteiger partial charge in [0.1, 0.15) is 10.3 Å². The third-order valence-electron chi connectivity index (χ3n) is 5.02. The van der Waals surface area contributed by atoms with E-state index in [0.29, 0.717) is 32.7 Å². The second kappa shape index (κ2) is 9.94. The molecule has 0 unspecified atom stereocenters. The van der Waals surface area contributed by atoms with Crippen LogP contribution in [0.3, 0.4) is 0 Å². The van der Waals surface area contributed by atoms with E-state index in [-0.39, 0.29) is 0 Å². The molecule has 2 heterocycles. The van der Waals surface area contributed by atoms with E-state index >= 15 is 0 Å². The van der Waals surface area contributed by atoms with Gasteiger partial charge in [-0.3, -0.25) is 4.79 Å². The summed E-state index contributed by atoms with van der Waals surface area (Å²) in [5.74, 6) is -0.504. The number of alkyl halides is 6. The highest BCUT2D eigenvalue weighted by Gasteiger charge is 2.31. The number of aromatic nitrogens is 2. The van der Waals surface area contributed by atoms with Crippen molar-refractivity contribution in [2.75, 3.05) is 5.32 Å². The van der Waals surface area contributed by atoms with Crippen molar-refractivity contribution in [2.45, 2.75) is 12.4 Å². The van der Waals surface area contributed by atoms with Crippen molar-refractivity contribution in [1.82, 2.24) is 9.97 Å². The van der Waals surface area contributed by atoms with Gasteiger partial charge in [-0.2, -0.15) is 26.3 Å². The fraction of sp³-hybridized carbons (Fsp3) is 0.0800. The van der Waals surface area contributed by atoms with Crippen LogP contribution in [0.25, 0.3) is 15.9 Å². The Morgan fingerprint density at radius 2 is 1.33 bits per heavy atom. The van der Waals surface area contributed by atoms with E-state index < -0.39 is 29.4 Å². The highest BCUT2D eigenvalue weighted by molar-refractivity contribution is 7.17. The van der Waals surface area contributed by atoms with Gasteiger partial charge < -0.3 is 5.32 Å². The number of hydrogen-bond donors (Lipinski definition) is 1. The Morgan fingerprint density at radius 1 is 0.806 bits per heavy atom. The molecular weight excluding hydrogens is 504 g/mol. The number of allylic oxidation sites excluding steroid dienone is 2. The predicted octanol–water partition coefficient (Wildman–Crippen LogP) is 7.36. The molecule has 0 aliphatic heterocycles. The molecule has 2 aromatic heterocycles. The number of anilines is 1. The molecule has 4 rings (SSSR count). The number of hydrogen-bond acceptors (Lipinski definition) is 4. The Balaban J connectivity index is 1.62. The van der Waals surface area contributed by atoms with E-state index in [1.165, 1.54) is 66.2 Å². The lowest BCUT2D eigenvalue weighted by molar-refractivity contribution is -0.138. The number of nitrogens with one attached hydrogen (secondary N) is 1. The first-order valence-corrected chi connectivity index (χ1v) is 11.1. The quantitative estimate of drug-likeness (QED) is 0.170. The summed E-state index contributed by atoms with van der Waals surface area (Å²) in [5.41, 5.74) is 0.243. The largest absolute Gasteiger partial charge is 0.416 e. The molecule has 0 spiro atoms. The lowest BCUT2D eigenvalue weighted by Gasteiger charge is -2.12. The van der Waals surface area contributed by atoms with Crippen LogP contribution in [0.4, 0.5) is 32.0 Å². The van der Waals surface area contributed by atoms with Crippen LogP contribution < -0.4 is 5.32 Å². The number of amides is 1. The number of carbonyl (C=O) groups is 1. The van der Waals surface area contributed by atoms with Crippen molar-refractivity contribution in [2.24, 2.45) is 0 Å². The Labute approximate surface area is 204 Å². The van der Waals surface area contributed by atoms with Crippen molar-refractivity contribution < 1.29 is 31.1 Å². The number of fused-ring (bicyclic) bond motifs is 1. The Kier molecular flexibility index (Phi) is 6.93. The molecule has 11 heteroatoms. The molecule has 36 heavy (non-hydrogen) atoms. The maximum absolute atomic E-state index is 13.0. The third-order valence-corrected chi connectivity index (χ3v) is 5.90. The zero-order valence-corrected chi connectivity index (χ0v) is 18.9. The standard InChI is InChI=1S/C25H15F6N3OS/c26-24(27,28)17-8-4-15(5-9-17)19(16-6-10-18(11-7-16)25(29,30)31)2-1-3-21(35)34-20-14-36-23-22(20)32-12-13-33-23/h1-14H,(H,34,35). The van der Waals surface area contributed by atoms with Crippen LogP contribution in [-0.2, 0) is 17.1 Å².